The number of nitrogens with two attached hydrogens (primary N) is 1. The summed E-state index contributed by atoms with van der Waals surface area (Å²) < 4.78 is 1.96. The molecule has 1 aromatic heterocycles. The summed E-state index contributed by atoms with van der Waals surface area (Å²) in [5.41, 5.74) is 6.58. The highest BCUT2D eigenvalue weighted by Crippen LogP contribution is 2.02. The summed E-state index contributed by atoms with van der Waals surface area (Å²) in [5, 5.41) is 4.40. The lowest BCUT2D eigenvalue weighted by molar-refractivity contribution is 0.482. The molecule has 3 nitrogen and oxygen atoms in total. The average Bonchev–Trinajstić information content (AvgIpc) is 2.47. The number of nitrogens with zero attached hydrogens (tertiary/aromatic N) is 2. The molecule has 78 valence electrons. The van der Waals surface area contributed by atoms with Crippen LogP contribution < -0.4 is 5.73 Å². The molecule has 2 N–H and O–H groups in total. The van der Waals surface area contributed by atoms with Crippen molar-refractivity contribution in [3.05, 3.63) is 24.0 Å². The zero-order chi connectivity index (χ0) is 10.6. The number of hydrogen-bond acceptors (Lipinski definition) is 2. The second-order valence-corrected chi connectivity index (χ2v) is 4.07. The molecule has 0 saturated heterocycles. The van der Waals surface area contributed by atoms with Crippen molar-refractivity contribution < 1.29 is 0 Å². The molecular weight excluding hydrogens is 174 g/mol. The van der Waals surface area contributed by atoms with E-state index in [9.17, 15) is 0 Å². The first-order chi connectivity index (χ1) is 6.58. The molecular formula is C11H19N3. The minimum Gasteiger partial charge on any atom is -0.325 e. The van der Waals surface area contributed by atoms with Gasteiger partial charge < -0.3 is 5.73 Å². The maximum Gasteiger partial charge on any atom is 0.0848 e. The van der Waals surface area contributed by atoms with Crippen LogP contribution in [-0.2, 0) is 6.54 Å². The molecule has 3 heteroatoms. The molecule has 0 bridgehead atoms. The van der Waals surface area contributed by atoms with E-state index in [0.717, 1.165) is 12.2 Å². The summed E-state index contributed by atoms with van der Waals surface area (Å²) in [6.07, 6.45) is 5.91. The number of aromatic nitrogens is 2. The van der Waals surface area contributed by atoms with Crippen molar-refractivity contribution in [2.24, 2.45) is 11.7 Å². The van der Waals surface area contributed by atoms with E-state index >= 15 is 0 Å². The highest BCUT2D eigenvalue weighted by molar-refractivity contribution is 5.44. The molecule has 1 heterocycles. The van der Waals surface area contributed by atoms with E-state index in [0.29, 0.717) is 5.92 Å². The van der Waals surface area contributed by atoms with E-state index in [4.69, 9.17) is 5.73 Å². The fraction of sp³-hybridized carbons (Fsp3) is 0.545. The van der Waals surface area contributed by atoms with Crippen LogP contribution in [0.3, 0.4) is 0 Å². The first-order valence-electron chi connectivity index (χ1n) is 5.05. The molecule has 0 spiro atoms. The zero-order valence-electron chi connectivity index (χ0n) is 9.14. The summed E-state index contributed by atoms with van der Waals surface area (Å²) in [6.45, 7) is 7.27. The van der Waals surface area contributed by atoms with E-state index in [2.05, 4.69) is 18.9 Å². The van der Waals surface area contributed by atoms with Crippen molar-refractivity contribution in [2.75, 3.05) is 0 Å². The Hall–Kier alpha value is -1.09. The van der Waals surface area contributed by atoms with Gasteiger partial charge in [0.05, 0.1) is 5.69 Å². The quantitative estimate of drug-likeness (QED) is 0.793. The third-order valence-electron chi connectivity index (χ3n) is 1.78. The lowest BCUT2D eigenvalue weighted by Crippen LogP contribution is -2.10. The molecule has 0 radical (unpaired) electrons. The monoisotopic (exact) mass is 193 g/mol. The summed E-state index contributed by atoms with van der Waals surface area (Å²) in [7, 11) is 0. The summed E-state index contributed by atoms with van der Waals surface area (Å²) in [5.74, 6) is 0.625. The maximum absolute atomic E-state index is 5.61. The Morgan fingerprint density at radius 2 is 2.21 bits per heavy atom. The van der Waals surface area contributed by atoms with Crippen LogP contribution >= 0.6 is 0 Å². The maximum atomic E-state index is 5.61. The normalized spacial score (nSPS) is 14.1. The minimum atomic E-state index is 0.0882. The van der Waals surface area contributed by atoms with Crippen molar-refractivity contribution >= 4 is 6.08 Å². The third-order valence-corrected chi connectivity index (χ3v) is 1.78. The Kier molecular flexibility index (Phi) is 3.89. The first kappa shape index (κ1) is 11.0. The fourth-order valence-electron chi connectivity index (χ4n) is 1.19. The summed E-state index contributed by atoms with van der Waals surface area (Å²) >= 11 is 0. The standard InChI is InChI=1S/C11H19N3/c1-9(2)8-14-7-6-11(13-14)5-4-10(3)12/h4-7,9-10H,8,12H2,1-3H3/b5-4+. The Morgan fingerprint density at radius 3 is 2.79 bits per heavy atom. The number of hydrogen-bond donors (Lipinski definition) is 1. The Balaban J connectivity index is 2.59. The molecule has 0 fully saturated rings. The van der Waals surface area contributed by atoms with Crippen LogP contribution in [0.15, 0.2) is 18.3 Å². The van der Waals surface area contributed by atoms with Crippen molar-refractivity contribution in [3.8, 4) is 0 Å². The molecule has 0 aliphatic carbocycles. The van der Waals surface area contributed by atoms with Crippen molar-refractivity contribution in [1.29, 1.82) is 0 Å². The van der Waals surface area contributed by atoms with Gasteiger partial charge in [-0.2, -0.15) is 5.10 Å². The smallest absolute Gasteiger partial charge is 0.0848 e. The van der Waals surface area contributed by atoms with Gasteiger partial charge in [-0.15, -0.1) is 0 Å². The fourth-order valence-corrected chi connectivity index (χ4v) is 1.19. The molecule has 1 atom stereocenters. The van der Waals surface area contributed by atoms with Gasteiger partial charge in [-0.3, -0.25) is 4.68 Å². The Bertz CT molecular complexity index is 297. The largest absolute Gasteiger partial charge is 0.325 e. The molecule has 14 heavy (non-hydrogen) atoms. The lowest BCUT2D eigenvalue weighted by atomic mass is 10.2. The SMILES string of the molecule is CC(N)/C=C/c1ccn(CC(C)C)n1. The molecule has 0 aliphatic rings. The molecule has 1 unspecified atom stereocenters. The van der Waals surface area contributed by atoms with E-state index in [1.165, 1.54) is 0 Å². The van der Waals surface area contributed by atoms with Gasteiger partial charge in [-0.05, 0) is 25.0 Å². The van der Waals surface area contributed by atoms with Crippen LogP contribution in [0, 0.1) is 5.92 Å². The van der Waals surface area contributed by atoms with Gasteiger partial charge in [-0.25, -0.2) is 0 Å². The molecule has 0 saturated carbocycles. The van der Waals surface area contributed by atoms with Gasteiger partial charge in [0.1, 0.15) is 0 Å². The molecule has 0 aliphatic heterocycles. The van der Waals surface area contributed by atoms with Crippen LogP contribution in [0.1, 0.15) is 26.5 Å². The van der Waals surface area contributed by atoms with Gasteiger partial charge in [-0.1, -0.05) is 19.9 Å². The Morgan fingerprint density at radius 1 is 1.50 bits per heavy atom. The van der Waals surface area contributed by atoms with Crippen LogP contribution in [0.5, 0.6) is 0 Å². The van der Waals surface area contributed by atoms with E-state index in [1.807, 2.05) is 36.0 Å². The van der Waals surface area contributed by atoms with Gasteiger partial charge in [0.25, 0.3) is 0 Å². The second-order valence-electron chi connectivity index (χ2n) is 4.07. The van der Waals surface area contributed by atoms with Crippen molar-refractivity contribution in [2.45, 2.75) is 33.4 Å². The highest BCUT2D eigenvalue weighted by atomic mass is 15.3. The lowest BCUT2D eigenvalue weighted by Gasteiger charge is -2.03. The van der Waals surface area contributed by atoms with Gasteiger partial charge in [0.2, 0.25) is 0 Å². The van der Waals surface area contributed by atoms with Crippen LogP contribution in [0.25, 0.3) is 6.08 Å². The molecule has 0 aromatic carbocycles. The van der Waals surface area contributed by atoms with Crippen LogP contribution in [-0.4, -0.2) is 15.8 Å². The highest BCUT2D eigenvalue weighted by Gasteiger charge is 1.98. The third kappa shape index (κ3) is 3.75. The van der Waals surface area contributed by atoms with Gasteiger partial charge in [0, 0.05) is 18.8 Å². The van der Waals surface area contributed by atoms with Crippen molar-refractivity contribution in [1.82, 2.24) is 9.78 Å². The molecule has 0 amide bonds. The summed E-state index contributed by atoms with van der Waals surface area (Å²) in [4.78, 5) is 0. The average molecular weight is 193 g/mol. The first-order valence-corrected chi connectivity index (χ1v) is 5.05. The Labute approximate surface area is 85.6 Å². The predicted molar refractivity (Wildman–Crippen MR) is 59.7 cm³/mol. The van der Waals surface area contributed by atoms with Crippen LogP contribution in [0.2, 0.25) is 0 Å². The second kappa shape index (κ2) is 4.96. The van der Waals surface area contributed by atoms with E-state index < -0.39 is 0 Å². The predicted octanol–water partition coefficient (Wildman–Crippen LogP) is 1.90. The van der Waals surface area contributed by atoms with E-state index in [1.54, 1.807) is 0 Å². The van der Waals surface area contributed by atoms with Crippen LogP contribution in [0.4, 0.5) is 0 Å². The van der Waals surface area contributed by atoms with E-state index in [-0.39, 0.29) is 6.04 Å². The van der Waals surface area contributed by atoms with Gasteiger partial charge >= 0.3 is 0 Å². The number of rotatable bonds is 4. The molecule has 1 aromatic rings. The topological polar surface area (TPSA) is 43.8 Å². The van der Waals surface area contributed by atoms with Crippen molar-refractivity contribution in [3.63, 3.8) is 0 Å². The van der Waals surface area contributed by atoms with Gasteiger partial charge in [0.15, 0.2) is 0 Å². The summed E-state index contributed by atoms with van der Waals surface area (Å²) in [6, 6.07) is 2.09. The molecule has 1 rings (SSSR count). The minimum absolute atomic E-state index is 0.0882. The zero-order valence-corrected chi connectivity index (χ0v) is 9.14.